The Labute approximate surface area is 116 Å². The van der Waals surface area contributed by atoms with Crippen molar-refractivity contribution in [2.45, 2.75) is 6.61 Å². The van der Waals surface area contributed by atoms with E-state index >= 15 is 0 Å². The lowest BCUT2D eigenvalue weighted by Gasteiger charge is -2.12. The van der Waals surface area contributed by atoms with Crippen molar-refractivity contribution in [1.29, 1.82) is 0 Å². The highest BCUT2D eigenvalue weighted by atomic mass is 79.9. The fourth-order valence-corrected chi connectivity index (χ4v) is 1.93. The summed E-state index contributed by atoms with van der Waals surface area (Å²) in [7, 11) is 1.62. The van der Waals surface area contributed by atoms with Gasteiger partial charge in [0.2, 0.25) is 5.91 Å². The van der Waals surface area contributed by atoms with E-state index in [1.807, 2.05) is 18.2 Å². The van der Waals surface area contributed by atoms with Gasteiger partial charge in [-0.05, 0) is 12.1 Å². The molecule has 5 heteroatoms. The first-order chi connectivity index (χ1) is 8.69. The van der Waals surface area contributed by atoms with Gasteiger partial charge in [0.25, 0.3) is 0 Å². The summed E-state index contributed by atoms with van der Waals surface area (Å²) < 4.78 is 6.04. The molecule has 0 fully saturated rings. The standard InChI is InChI=1S/C13H17BrN2O2/c1-3-7-15-8-13(17)16-12-6-4-5-11(14)10(12)9-18-2/h3-6,15H,1,7-9H2,2H3,(H,16,17). The highest BCUT2D eigenvalue weighted by molar-refractivity contribution is 9.10. The fraction of sp³-hybridized carbons (Fsp3) is 0.308. The molecular weight excluding hydrogens is 296 g/mol. The molecule has 0 aliphatic heterocycles. The number of ether oxygens (including phenoxy) is 1. The lowest BCUT2D eigenvalue weighted by molar-refractivity contribution is -0.115. The van der Waals surface area contributed by atoms with E-state index in [0.717, 1.165) is 15.7 Å². The second kappa shape index (κ2) is 8.02. The van der Waals surface area contributed by atoms with Crippen LogP contribution in [0.1, 0.15) is 5.56 Å². The second-order valence-electron chi connectivity index (χ2n) is 3.67. The summed E-state index contributed by atoms with van der Waals surface area (Å²) in [6, 6.07) is 5.64. The maximum Gasteiger partial charge on any atom is 0.238 e. The van der Waals surface area contributed by atoms with Gasteiger partial charge in [0, 0.05) is 29.4 Å². The van der Waals surface area contributed by atoms with Crippen molar-refractivity contribution in [2.24, 2.45) is 0 Å². The molecule has 4 nitrogen and oxygen atoms in total. The number of carbonyl (C=O) groups excluding carboxylic acids is 1. The van der Waals surface area contributed by atoms with Gasteiger partial charge in [-0.15, -0.1) is 6.58 Å². The molecule has 0 aromatic heterocycles. The summed E-state index contributed by atoms with van der Waals surface area (Å²) in [5.41, 5.74) is 1.69. The number of hydrogen-bond donors (Lipinski definition) is 2. The zero-order valence-electron chi connectivity index (χ0n) is 10.3. The smallest absolute Gasteiger partial charge is 0.238 e. The monoisotopic (exact) mass is 312 g/mol. The Morgan fingerprint density at radius 3 is 3.00 bits per heavy atom. The number of benzene rings is 1. The Morgan fingerprint density at radius 1 is 1.56 bits per heavy atom. The molecule has 1 rings (SSSR count). The predicted octanol–water partition coefficient (Wildman–Crippen LogP) is 2.31. The molecule has 0 atom stereocenters. The Morgan fingerprint density at radius 2 is 2.33 bits per heavy atom. The number of nitrogens with one attached hydrogen (secondary N) is 2. The number of carbonyl (C=O) groups is 1. The maximum absolute atomic E-state index is 11.7. The van der Waals surface area contributed by atoms with Gasteiger partial charge in [-0.25, -0.2) is 0 Å². The molecule has 1 aromatic rings. The highest BCUT2D eigenvalue weighted by Gasteiger charge is 2.09. The third-order valence-electron chi connectivity index (χ3n) is 2.26. The molecule has 0 unspecified atom stereocenters. The number of methoxy groups -OCH3 is 1. The molecule has 0 saturated heterocycles. The Bertz CT molecular complexity index is 421. The van der Waals surface area contributed by atoms with E-state index in [0.29, 0.717) is 13.2 Å². The molecule has 18 heavy (non-hydrogen) atoms. The molecule has 98 valence electrons. The van der Waals surface area contributed by atoms with Crippen LogP contribution in [0.4, 0.5) is 5.69 Å². The van der Waals surface area contributed by atoms with E-state index in [9.17, 15) is 4.79 Å². The molecule has 0 spiro atoms. The maximum atomic E-state index is 11.7. The van der Waals surface area contributed by atoms with E-state index in [-0.39, 0.29) is 12.5 Å². The van der Waals surface area contributed by atoms with Crippen molar-refractivity contribution < 1.29 is 9.53 Å². The zero-order chi connectivity index (χ0) is 13.4. The molecular formula is C13H17BrN2O2. The van der Waals surface area contributed by atoms with Crippen LogP contribution in [0, 0.1) is 0 Å². The molecule has 0 aliphatic carbocycles. The lowest BCUT2D eigenvalue weighted by atomic mass is 10.2. The molecule has 1 amide bonds. The third-order valence-corrected chi connectivity index (χ3v) is 3.00. The topological polar surface area (TPSA) is 50.4 Å². The second-order valence-corrected chi connectivity index (χ2v) is 4.52. The van der Waals surface area contributed by atoms with Crippen LogP contribution in [0.2, 0.25) is 0 Å². The Hall–Kier alpha value is -1.17. The first kappa shape index (κ1) is 14.9. The van der Waals surface area contributed by atoms with Crippen LogP contribution in [0.25, 0.3) is 0 Å². The third kappa shape index (κ3) is 4.60. The minimum absolute atomic E-state index is 0.0905. The lowest BCUT2D eigenvalue weighted by Crippen LogP contribution is -2.28. The van der Waals surface area contributed by atoms with Crippen molar-refractivity contribution >= 4 is 27.5 Å². The molecule has 0 aliphatic rings. The molecule has 1 aromatic carbocycles. The van der Waals surface area contributed by atoms with Crippen LogP contribution in [-0.2, 0) is 16.1 Å². The largest absolute Gasteiger partial charge is 0.380 e. The van der Waals surface area contributed by atoms with Crippen molar-refractivity contribution in [3.63, 3.8) is 0 Å². The number of anilines is 1. The van der Waals surface area contributed by atoms with Crippen LogP contribution in [0.5, 0.6) is 0 Å². The van der Waals surface area contributed by atoms with Crippen LogP contribution in [0.15, 0.2) is 35.3 Å². The summed E-state index contributed by atoms with van der Waals surface area (Å²) >= 11 is 3.44. The van der Waals surface area contributed by atoms with Crippen molar-refractivity contribution in [1.82, 2.24) is 5.32 Å². The SMILES string of the molecule is C=CCNCC(=O)Nc1cccc(Br)c1COC. The van der Waals surface area contributed by atoms with Crippen LogP contribution in [-0.4, -0.2) is 26.1 Å². The van der Waals surface area contributed by atoms with Gasteiger partial charge in [-0.2, -0.15) is 0 Å². The van der Waals surface area contributed by atoms with Gasteiger partial charge in [-0.3, -0.25) is 4.79 Å². The molecule has 0 bridgehead atoms. The van der Waals surface area contributed by atoms with Crippen molar-refractivity contribution in [2.75, 3.05) is 25.5 Å². The van der Waals surface area contributed by atoms with E-state index in [4.69, 9.17) is 4.74 Å². The summed E-state index contributed by atoms with van der Waals surface area (Å²) in [6.45, 7) is 4.88. The summed E-state index contributed by atoms with van der Waals surface area (Å²) in [6.07, 6.45) is 1.71. The number of hydrogen-bond acceptors (Lipinski definition) is 3. The average molecular weight is 313 g/mol. The van der Waals surface area contributed by atoms with Crippen LogP contribution < -0.4 is 10.6 Å². The van der Waals surface area contributed by atoms with Crippen LogP contribution in [0.3, 0.4) is 0 Å². The quantitative estimate of drug-likeness (QED) is 0.600. The number of amides is 1. The summed E-state index contributed by atoms with van der Waals surface area (Å²) in [5.74, 6) is -0.0905. The van der Waals surface area contributed by atoms with Crippen LogP contribution >= 0.6 is 15.9 Å². The van der Waals surface area contributed by atoms with Gasteiger partial charge >= 0.3 is 0 Å². The Balaban J connectivity index is 2.68. The number of halogens is 1. The van der Waals surface area contributed by atoms with Gasteiger partial charge in [0.05, 0.1) is 13.2 Å². The van der Waals surface area contributed by atoms with Gasteiger partial charge in [0.15, 0.2) is 0 Å². The zero-order valence-corrected chi connectivity index (χ0v) is 11.9. The predicted molar refractivity (Wildman–Crippen MR) is 76.6 cm³/mol. The van der Waals surface area contributed by atoms with Gasteiger partial charge in [0.1, 0.15) is 0 Å². The highest BCUT2D eigenvalue weighted by Crippen LogP contribution is 2.25. The molecule has 0 saturated carbocycles. The fourth-order valence-electron chi connectivity index (χ4n) is 1.45. The van der Waals surface area contributed by atoms with Gasteiger partial charge < -0.3 is 15.4 Å². The molecule has 0 heterocycles. The first-order valence-corrected chi connectivity index (χ1v) is 6.36. The van der Waals surface area contributed by atoms with E-state index in [1.54, 1.807) is 13.2 Å². The van der Waals surface area contributed by atoms with E-state index in [2.05, 4.69) is 33.1 Å². The number of rotatable bonds is 7. The van der Waals surface area contributed by atoms with E-state index in [1.165, 1.54) is 0 Å². The minimum Gasteiger partial charge on any atom is -0.380 e. The molecule has 0 radical (unpaired) electrons. The van der Waals surface area contributed by atoms with Crippen molar-refractivity contribution in [3.05, 3.63) is 40.9 Å². The first-order valence-electron chi connectivity index (χ1n) is 5.56. The van der Waals surface area contributed by atoms with E-state index < -0.39 is 0 Å². The average Bonchev–Trinajstić information content (AvgIpc) is 2.34. The van der Waals surface area contributed by atoms with Crippen molar-refractivity contribution in [3.8, 4) is 0 Å². The van der Waals surface area contributed by atoms with Gasteiger partial charge in [-0.1, -0.05) is 28.1 Å². The normalized spacial score (nSPS) is 10.1. The minimum atomic E-state index is -0.0905. The Kier molecular flexibility index (Phi) is 6.64. The summed E-state index contributed by atoms with van der Waals surface area (Å²) in [4.78, 5) is 11.7. The summed E-state index contributed by atoms with van der Waals surface area (Å²) in [5, 5.41) is 5.80. The molecule has 2 N–H and O–H groups in total.